The van der Waals surface area contributed by atoms with Crippen LogP contribution in [-0.4, -0.2) is 56.3 Å². The number of ether oxygens (including phenoxy) is 1. The van der Waals surface area contributed by atoms with E-state index < -0.39 is 0 Å². The standard InChI is InChI=1S/C20H23ClN4O2S/c1-24-9-11-25(12-10-24)16-6-4-15(5-7-16)22-20(28)23-19(26)14-3-8-18(27-2)17(21)13-14/h3-8,13H,9-12H2,1-2H3,(H2,22,23,26,28). The molecule has 3 rings (SSSR count). The molecule has 0 saturated carbocycles. The first-order valence-corrected chi connectivity index (χ1v) is 9.74. The SMILES string of the molecule is COc1ccc(C(=O)NC(=S)Nc2ccc(N3CCN(C)CC3)cc2)cc1Cl. The Labute approximate surface area is 175 Å². The van der Waals surface area contributed by atoms with Crippen LogP contribution in [0, 0.1) is 0 Å². The Hall–Kier alpha value is -2.35. The Balaban J connectivity index is 1.55. The molecule has 0 unspecified atom stereocenters. The van der Waals surface area contributed by atoms with Gasteiger partial charge in [0.15, 0.2) is 5.11 Å². The van der Waals surface area contributed by atoms with E-state index in [0.717, 1.165) is 31.9 Å². The lowest BCUT2D eigenvalue weighted by atomic mass is 10.2. The summed E-state index contributed by atoms with van der Waals surface area (Å²) < 4.78 is 5.09. The second-order valence-corrected chi connectivity index (χ2v) is 7.41. The topological polar surface area (TPSA) is 56.8 Å². The zero-order valence-corrected chi connectivity index (χ0v) is 17.4. The van der Waals surface area contributed by atoms with Crippen molar-refractivity contribution in [1.29, 1.82) is 0 Å². The molecule has 6 nitrogen and oxygen atoms in total. The maximum atomic E-state index is 12.3. The zero-order chi connectivity index (χ0) is 20.1. The number of halogens is 1. The second-order valence-electron chi connectivity index (χ2n) is 6.59. The maximum Gasteiger partial charge on any atom is 0.257 e. The van der Waals surface area contributed by atoms with Crippen LogP contribution >= 0.6 is 23.8 Å². The van der Waals surface area contributed by atoms with Gasteiger partial charge in [-0.25, -0.2) is 0 Å². The fourth-order valence-electron chi connectivity index (χ4n) is 2.97. The van der Waals surface area contributed by atoms with Crippen LogP contribution < -0.4 is 20.3 Å². The van der Waals surface area contributed by atoms with Gasteiger partial charge in [0, 0.05) is 43.1 Å². The van der Waals surface area contributed by atoms with Crippen LogP contribution in [0.5, 0.6) is 5.75 Å². The number of hydrogen-bond acceptors (Lipinski definition) is 5. The number of likely N-dealkylation sites (N-methyl/N-ethyl adjacent to an activating group) is 1. The van der Waals surface area contributed by atoms with Crippen LogP contribution in [0.3, 0.4) is 0 Å². The quantitative estimate of drug-likeness (QED) is 0.743. The molecule has 0 atom stereocenters. The van der Waals surface area contributed by atoms with Crippen molar-refractivity contribution in [2.45, 2.75) is 0 Å². The number of thiocarbonyl (C=S) groups is 1. The summed E-state index contributed by atoms with van der Waals surface area (Å²) in [6, 6.07) is 12.8. The number of nitrogens with zero attached hydrogens (tertiary/aromatic N) is 2. The molecular weight excluding hydrogens is 396 g/mol. The molecule has 2 aromatic carbocycles. The number of carbonyl (C=O) groups is 1. The lowest BCUT2D eigenvalue weighted by Gasteiger charge is -2.34. The summed E-state index contributed by atoms with van der Waals surface area (Å²) in [5, 5.41) is 6.29. The number of benzene rings is 2. The van der Waals surface area contributed by atoms with Crippen molar-refractivity contribution >= 4 is 46.2 Å². The summed E-state index contributed by atoms with van der Waals surface area (Å²) in [6.07, 6.45) is 0. The van der Waals surface area contributed by atoms with Crippen LogP contribution in [0.15, 0.2) is 42.5 Å². The van der Waals surface area contributed by atoms with E-state index in [1.54, 1.807) is 18.2 Å². The van der Waals surface area contributed by atoms with Crippen molar-refractivity contribution < 1.29 is 9.53 Å². The molecule has 0 bridgehead atoms. The van der Waals surface area contributed by atoms with Gasteiger partial charge in [-0.1, -0.05) is 11.6 Å². The normalized spacial score (nSPS) is 14.5. The molecule has 148 valence electrons. The molecule has 1 aliphatic heterocycles. The van der Waals surface area contributed by atoms with Gasteiger partial charge in [-0.3, -0.25) is 10.1 Å². The van der Waals surface area contributed by atoms with Crippen LogP contribution in [0.2, 0.25) is 5.02 Å². The monoisotopic (exact) mass is 418 g/mol. The highest BCUT2D eigenvalue weighted by atomic mass is 35.5. The van der Waals surface area contributed by atoms with Crippen molar-refractivity contribution in [3.8, 4) is 5.75 Å². The Bertz CT molecular complexity index is 852. The predicted molar refractivity (Wildman–Crippen MR) is 118 cm³/mol. The minimum atomic E-state index is -0.337. The number of amides is 1. The summed E-state index contributed by atoms with van der Waals surface area (Å²) in [4.78, 5) is 17.0. The average Bonchev–Trinajstić information content (AvgIpc) is 2.69. The minimum Gasteiger partial charge on any atom is -0.495 e. The van der Waals surface area contributed by atoms with E-state index in [2.05, 4.69) is 39.6 Å². The Morgan fingerprint density at radius 2 is 1.79 bits per heavy atom. The van der Waals surface area contributed by atoms with Gasteiger partial charge in [0.1, 0.15) is 5.75 Å². The molecule has 1 aliphatic rings. The molecule has 0 spiro atoms. The van der Waals surface area contributed by atoms with Crippen LogP contribution in [0.25, 0.3) is 0 Å². The smallest absolute Gasteiger partial charge is 0.257 e. The van der Waals surface area contributed by atoms with Crippen LogP contribution in [0.1, 0.15) is 10.4 Å². The van der Waals surface area contributed by atoms with E-state index in [-0.39, 0.29) is 11.0 Å². The van der Waals surface area contributed by atoms with Gasteiger partial charge < -0.3 is 19.9 Å². The van der Waals surface area contributed by atoms with Gasteiger partial charge >= 0.3 is 0 Å². The molecule has 0 radical (unpaired) electrons. The van der Waals surface area contributed by atoms with Gasteiger partial charge in [-0.05, 0) is 61.7 Å². The summed E-state index contributed by atoms with van der Waals surface area (Å²) >= 11 is 11.3. The predicted octanol–water partition coefficient (Wildman–Crippen LogP) is 3.23. The van der Waals surface area contributed by atoms with Crippen molar-refractivity contribution in [1.82, 2.24) is 10.2 Å². The molecule has 1 heterocycles. The summed E-state index contributed by atoms with van der Waals surface area (Å²) in [7, 11) is 3.66. The van der Waals surface area contributed by atoms with Crippen molar-refractivity contribution in [2.75, 3.05) is 50.6 Å². The minimum absolute atomic E-state index is 0.226. The first kappa shape index (κ1) is 20.4. The number of methoxy groups -OCH3 is 1. The third kappa shape index (κ3) is 5.13. The first-order valence-electron chi connectivity index (χ1n) is 8.95. The fraction of sp³-hybridized carbons (Fsp3) is 0.300. The Morgan fingerprint density at radius 1 is 1.11 bits per heavy atom. The highest BCUT2D eigenvalue weighted by molar-refractivity contribution is 7.80. The number of hydrogen-bond donors (Lipinski definition) is 2. The molecule has 1 saturated heterocycles. The fourth-order valence-corrected chi connectivity index (χ4v) is 3.43. The average molecular weight is 419 g/mol. The molecular formula is C20H23ClN4O2S. The number of carbonyl (C=O) groups excluding carboxylic acids is 1. The largest absolute Gasteiger partial charge is 0.495 e. The molecule has 1 amide bonds. The molecule has 2 aromatic rings. The molecule has 1 fully saturated rings. The first-order chi connectivity index (χ1) is 13.5. The van der Waals surface area contributed by atoms with Gasteiger partial charge in [0.2, 0.25) is 0 Å². The molecule has 2 N–H and O–H groups in total. The number of anilines is 2. The second kappa shape index (κ2) is 9.23. The Kier molecular flexibility index (Phi) is 6.72. The van der Waals surface area contributed by atoms with E-state index in [1.165, 1.54) is 12.8 Å². The summed E-state index contributed by atoms with van der Waals surface area (Å²) in [5.41, 5.74) is 2.40. The maximum absolute atomic E-state index is 12.3. The van der Waals surface area contributed by atoms with Gasteiger partial charge in [-0.15, -0.1) is 0 Å². The third-order valence-electron chi connectivity index (χ3n) is 4.63. The van der Waals surface area contributed by atoms with Crippen LogP contribution in [0.4, 0.5) is 11.4 Å². The number of rotatable bonds is 4. The van der Waals surface area contributed by atoms with Crippen molar-refractivity contribution in [3.05, 3.63) is 53.1 Å². The Morgan fingerprint density at radius 3 is 2.39 bits per heavy atom. The molecule has 28 heavy (non-hydrogen) atoms. The lowest BCUT2D eigenvalue weighted by Crippen LogP contribution is -2.44. The van der Waals surface area contributed by atoms with E-state index in [9.17, 15) is 4.79 Å². The van der Waals surface area contributed by atoms with Gasteiger partial charge in [0.25, 0.3) is 5.91 Å². The highest BCUT2D eigenvalue weighted by Gasteiger charge is 2.14. The number of nitrogens with one attached hydrogen (secondary N) is 2. The lowest BCUT2D eigenvalue weighted by molar-refractivity contribution is 0.0977. The van der Waals surface area contributed by atoms with Gasteiger partial charge in [-0.2, -0.15) is 0 Å². The number of piperazine rings is 1. The van der Waals surface area contributed by atoms with Crippen LogP contribution in [-0.2, 0) is 0 Å². The molecule has 0 aromatic heterocycles. The van der Waals surface area contributed by atoms with E-state index in [0.29, 0.717) is 16.3 Å². The summed E-state index contributed by atoms with van der Waals surface area (Å²) in [5.74, 6) is 0.176. The van der Waals surface area contributed by atoms with E-state index in [4.69, 9.17) is 28.6 Å². The van der Waals surface area contributed by atoms with E-state index in [1.807, 2.05) is 12.1 Å². The van der Waals surface area contributed by atoms with Gasteiger partial charge in [0.05, 0.1) is 12.1 Å². The zero-order valence-electron chi connectivity index (χ0n) is 15.9. The summed E-state index contributed by atoms with van der Waals surface area (Å²) in [6.45, 7) is 4.15. The highest BCUT2D eigenvalue weighted by Crippen LogP contribution is 2.25. The van der Waals surface area contributed by atoms with Crippen molar-refractivity contribution in [3.63, 3.8) is 0 Å². The van der Waals surface area contributed by atoms with E-state index >= 15 is 0 Å². The van der Waals surface area contributed by atoms with Crippen molar-refractivity contribution in [2.24, 2.45) is 0 Å². The molecule has 8 heteroatoms. The third-order valence-corrected chi connectivity index (χ3v) is 5.13. The molecule has 0 aliphatic carbocycles.